The van der Waals surface area contributed by atoms with Gasteiger partial charge in [-0.1, -0.05) is 19.1 Å². The van der Waals surface area contributed by atoms with E-state index in [4.69, 9.17) is 5.73 Å². The molecule has 17 heavy (non-hydrogen) atoms. The number of benzene rings is 1. The Morgan fingerprint density at radius 1 is 1.41 bits per heavy atom. The normalized spacial score (nSPS) is 17.5. The minimum atomic E-state index is -0.798. The van der Waals surface area contributed by atoms with Crippen molar-refractivity contribution in [3.63, 3.8) is 0 Å². The number of hydrogen-bond acceptors (Lipinski definition) is 2. The Bertz CT molecular complexity index is 391. The number of nitrogens with zero attached hydrogens (tertiary/aromatic N) is 1. The molecule has 0 aromatic heterocycles. The predicted molar refractivity (Wildman–Crippen MR) is 63.6 cm³/mol. The first-order chi connectivity index (χ1) is 8.19. The highest BCUT2D eigenvalue weighted by Crippen LogP contribution is 2.34. The highest BCUT2D eigenvalue weighted by Gasteiger charge is 2.34. The van der Waals surface area contributed by atoms with E-state index in [1.54, 1.807) is 6.07 Å². The average molecular weight is 240 g/mol. The fraction of sp³-hybridized carbons (Fsp3) is 0.538. The lowest BCUT2D eigenvalue weighted by molar-refractivity contribution is 0.197. The van der Waals surface area contributed by atoms with Gasteiger partial charge in [0.2, 0.25) is 0 Å². The molecule has 2 N–H and O–H groups in total. The summed E-state index contributed by atoms with van der Waals surface area (Å²) < 4.78 is 27.0. The molecule has 1 unspecified atom stereocenters. The van der Waals surface area contributed by atoms with Crippen LogP contribution in [0.25, 0.3) is 0 Å². The molecule has 0 heterocycles. The van der Waals surface area contributed by atoms with Gasteiger partial charge in [0.15, 0.2) is 11.6 Å². The second kappa shape index (κ2) is 5.10. The highest BCUT2D eigenvalue weighted by molar-refractivity contribution is 5.23. The summed E-state index contributed by atoms with van der Waals surface area (Å²) in [6, 6.07) is 4.57. The van der Waals surface area contributed by atoms with Gasteiger partial charge in [-0.15, -0.1) is 0 Å². The molecule has 0 aliphatic heterocycles. The van der Waals surface area contributed by atoms with Gasteiger partial charge in [-0.2, -0.15) is 0 Å². The van der Waals surface area contributed by atoms with E-state index in [1.807, 2.05) is 6.92 Å². The lowest BCUT2D eigenvalue weighted by Gasteiger charge is -2.30. The van der Waals surface area contributed by atoms with E-state index in [1.165, 1.54) is 6.07 Å². The maximum atomic E-state index is 13.8. The molecular weight excluding hydrogens is 222 g/mol. The van der Waals surface area contributed by atoms with E-state index in [9.17, 15) is 8.78 Å². The van der Waals surface area contributed by atoms with Crippen LogP contribution in [0.1, 0.15) is 31.4 Å². The molecular formula is C13H18F2N2. The summed E-state index contributed by atoms with van der Waals surface area (Å²) >= 11 is 0. The highest BCUT2D eigenvalue weighted by atomic mass is 19.2. The largest absolute Gasteiger partial charge is 0.329 e. The van der Waals surface area contributed by atoms with Gasteiger partial charge in [0.25, 0.3) is 0 Å². The summed E-state index contributed by atoms with van der Waals surface area (Å²) in [5.41, 5.74) is 6.11. The van der Waals surface area contributed by atoms with Crippen LogP contribution >= 0.6 is 0 Å². The molecule has 1 saturated carbocycles. The zero-order valence-corrected chi connectivity index (χ0v) is 10.00. The second-order valence-electron chi connectivity index (χ2n) is 4.46. The van der Waals surface area contributed by atoms with E-state index < -0.39 is 11.6 Å². The van der Waals surface area contributed by atoms with Crippen molar-refractivity contribution in [3.8, 4) is 0 Å². The van der Waals surface area contributed by atoms with Gasteiger partial charge in [0, 0.05) is 18.2 Å². The molecule has 2 rings (SSSR count). The summed E-state index contributed by atoms with van der Waals surface area (Å²) in [6.45, 7) is 3.14. The minimum Gasteiger partial charge on any atom is -0.329 e. The van der Waals surface area contributed by atoms with E-state index in [0.29, 0.717) is 18.2 Å². The topological polar surface area (TPSA) is 29.3 Å². The Labute approximate surface area is 100 Å². The van der Waals surface area contributed by atoms with Crippen molar-refractivity contribution in [2.24, 2.45) is 5.73 Å². The third-order valence-electron chi connectivity index (χ3n) is 3.35. The van der Waals surface area contributed by atoms with Crippen molar-refractivity contribution in [1.29, 1.82) is 0 Å². The fourth-order valence-electron chi connectivity index (χ4n) is 2.36. The lowest BCUT2D eigenvalue weighted by Crippen LogP contribution is -2.36. The predicted octanol–water partition coefficient (Wildman–Crippen LogP) is 2.45. The van der Waals surface area contributed by atoms with Gasteiger partial charge in [-0.05, 0) is 25.5 Å². The van der Waals surface area contributed by atoms with Gasteiger partial charge >= 0.3 is 0 Å². The van der Waals surface area contributed by atoms with Crippen molar-refractivity contribution >= 4 is 0 Å². The van der Waals surface area contributed by atoms with Crippen molar-refractivity contribution in [3.05, 3.63) is 35.4 Å². The van der Waals surface area contributed by atoms with Gasteiger partial charge in [-0.25, -0.2) is 8.78 Å². The molecule has 1 aromatic rings. The van der Waals surface area contributed by atoms with Crippen LogP contribution < -0.4 is 5.73 Å². The van der Waals surface area contributed by atoms with Gasteiger partial charge in [-0.3, -0.25) is 4.90 Å². The number of nitrogens with two attached hydrogens (primary N) is 1. The van der Waals surface area contributed by atoms with Crippen molar-refractivity contribution in [2.45, 2.75) is 31.8 Å². The smallest absolute Gasteiger partial charge is 0.163 e. The quantitative estimate of drug-likeness (QED) is 0.856. The summed E-state index contributed by atoms with van der Waals surface area (Å²) in [5.74, 6) is -1.56. The second-order valence-corrected chi connectivity index (χ2v) is 4.46. The van der Waals surface area contributed by atoms with E-state index in [-0.39, 0.29) is 6.04 Å². The molecule has 0 saturated heterocycles. The summed E-state index contributed by atoms with van der Waals surface area (Å²) in [7, 11) is 0. The molecule has 2 nitrogen and oxygen atoms in total. The van der Waals surface area contributed by atoms with Crippen molar-refractivity contribution in [2.75, 3.05) is 13.1 Å². The van der Waals surface area contributed by atoms with Crippen LogP contribution in [0.3, 0.4) is 0 Å². The Balaban J connectivity index is 2.30. The van der Waals surface area contributed by atoms with Crippen LogP contribution in [0.5, 0.6) is 0 Å². The Morgan fingerprint density at radius 2 is 2.12 bits per heavy atom. The molecule has 0 bridgehead atoms. The number of rotatable bonds is 5. The third-order valence-corrected chi connectivity index (χ3v) is 3.35. The first-order valence-corrected chi connectivity index (χ1v) is 6.08. The molecule has 1 atom stereocenters. The molecule has 1 aromatic carbocycles. The van der Waals surface area contributed by atoms with Gasteiger partial charge in [0.05, 0.1) is 6.04 Å². The SMILES string of the molecule is CCN(C1CC1)C(CN)c1cccc(F)c1F. The molecule has 1 aliphatic carbocycles. The zero-order chi connectivity index (χ0) is 12.4. The first-order valence-electron chi connectivity index (χ1n) is 6.08. The van der Waals surface area contributed by atoms with Crippen LogP contribution in [0, 0.1) is 11.6 Å². The Kier molecular flexibility index (Phi) is 3.74. The van der Waals surface area contributed by atoms with Crippen LogP contribution in [-0.2, 0) is 0 Å². The van der Waals surface area contributed by atoms with Crippen LogP contribution in [0.2, 0.25) is 0 Å². The van der Waals surface area contributed by atoms with E-state index in [0.717, 1.165) is 25.5 Å². The monoisotopic (exact) mass is 240 g/mol. The third kappa shape index (κ3) is 2.48. The van der Waals surface area contributed by atoms with Crippen LogP contribution in [-0.4, -0.2) is 24.0 Å². The molecule has 0 amide bonds. The lowest BCUT2D eigenvalue weighted by atomic mass is 10.0. The van der Waals surface area contributed by atoms with Crippen molar-refractivity contribution < 1.29 is 8.78 Å². The number of hydrogen-bond donors (Lipinski definition) is 1. The number of likely N-dealkylation sites (N-methyl/N-ethyl adjacent to an activating group) is 1. The molecule has 0 radical (unpaired) electrons. The van der Waals surface area contributed by atoms with Crippen molar-refractivity contribution in [1.82, 2.24) is 4.90 Å². The van der Waals surface area contributed by atoms with Crippen LogP contribution in [0.4, 0.5) is 8.78 Å². The maximum Gasteiger partial charge on any atom is 0.163 e. The standard InChI is InChI=1S/C13H18F2N2/c1-2-17(9-6-7-9)12(8-16)10-4-3-5-11(14)13(10)15/h3-5,9,12H,2,6-8,16H2,1H3. The van der Waals surface area contributed by atoms with Gasteiger partial charge in [0.1, 0.15) is 0 Å². The maximum absolute atomic E-state index is 13.8. The minimum absolute atomic E-state index is 0.219. The van der Waals surface area contributed by atoms with E-state index in [2.05, 4.69) is 4.90 Å². The fourth-order valence-corrected chi connectivity index (χ4v) is 2.36. The Morgan fingerprint density at radius 3 is 2.65 bits per heavy atom. The molecule has 1 fully saturated rings. The van der Waals surface area contributed by atoms with Gasteiger partial charge < -0.3 is 5.73 Å². The summed E-state index contributed by atoms with van der Waals surface area (Å²) in [5, 5.41) is 0. The van der Waals surface area contributed by atoms with Crippen LogP contribution in [0.15, 0.2) is 18.2 Å². The molecule has 0 spiro atoms. The zero-order valence-electron chi connectivity index (χ0n) is 10.00. The van der Waals surface area contributed by atoms with E-state index >= 15 is 0 Å². The molecule has 4 heteroatoms. The molecule has 94 valence electrons. The average Bonchev–Trinajstić information content (AvgIpc) is 3.14. The summed E-state index contributed by atoms with van der Waals surface area (Å²) in [4.78, 5) is 2.16. The first kappa shape index (κ1) is 12.5. The number of halogens is 2. The Hall–Kier alpha value is -1.00. The summed E-state index contributed by atoms with van der Waals surface area (Å²) in [6.07, 6.45) is 2.25. The molecule has 1 aliphatic rings.